The second-order valence-electron chi connectivity index (χ2n) is 5.02. The summed E-state index contributed by atoms with van der Waals surface area (Å²) in [5.74, 6) is 0.588. The summed E-state index contributed by atoms with van der Waals surface area (Å²) < 4.78 is 5.21. The van der Waals surface area contributed by atoms with Gasteiger partial charge in [0.25, 0.3) is 0 Å². The lowest BCUT2D eigenvalue weighted by Gasteiger charge is -2.19. The highest BCUT2D eigenvalue weighted by Gasteiger charge is 2.32. The Kier molecular flexibility index (Phi) is 4.59. The molecule has 1 aromatic rings. The van der Waals surface area contributed by atoms with E-state index in [1.165, 1.54) is 7.11 Å². The molecule has 1 fully saturated rings. The normalized spacial score (nSPS) is 21.2. The number of hydrogen-bond donors (Lipinski definition) is 2. The summed E-state index contributed by atoms with van der Waals surface area (Å²) in [6.45, 7) is 0.523. The van der Waals surface area contributed by atoms with Crippen LogP contribution >= 0.6 is 0 Å². The number of carbonyl (C=O) groups excluding carboxylic acids is 1. The Hall–Kier alpha value is -2.06. The first kappa shape index (κ1) is 14.4. The zero-order chi connectivity index (χ0) is 14.5. The van der Waals surface area contributed by atoms with E-state index in [4.69, 9.17) is 15.7 Å². The maximum absolute atomic E-state index is 12.4. The van der Waals surface area contributed by atoms with Gasteiger partial charge in [-0.05, 0) is 37.4 Å². The molecule has 2 atom stereocenters. The second-order valence-corrected chi connectivity index (χ2v) is 5.02. The molecule has 2 rings (SSSR count). The van der Waals surface area contributed by atoms with E-state index in [0.717, 1.165) is 19.3 Å². The Morgan fingerprint density at radius 2 is 2.35 bits per heavy atom. The minimum Gasteiger partial charge on any atom is -0.495 e. The fourth-order valence-electron chi connectivity index (χ4n) is 2.80. The van der Waals surface area contributed by atoms with Gasteiger partial charge in [-0.3, -0.25) is 4.79 Å². The molecule has 0 radical (unpaired) electrons. The van der Waals surface area contributed by atoms with E-state index < -0.39 is 0 Å². The summed E-state index contributed by atoms with van der Waals surface area (Å²) >= 11 is 0. The van der Waals surface area contributed by atoms with Gasteiger partial charge in [0.15, 0.2) is 0 Å². The zero-order valence-electron chi connectivity index (χ0n) is 11.6. The van der Waals surface area contributed by atoms with Crippen molar-refractivity contribution < 1.29 is 9.53 Å². The van der Waals surface area contributed by atoms with Gasteiger partial charge in [-0.1, -0.05) is 12.5 Å². The molecule has 1 aliphatic rings. The number of hydrogen-bond acceptors (Lipinski definition) is 4. The number of nitrogens with zero attached hydrogens (tertiary/aromatic N) is 1. The Morgan fingerprint density at radius 1 is 1.55 bits per heavy atom. The van der Waals surface area contributed by atoms with E-state index in [2.05, 4.69) is 11.4 Å². The predicted octanol–water partition coefficient (Wildman–Crippen LogP) is 1.88. The molecule has 20 heavy (non-hydrogen) atoms. The van der Waals surface area contributed by atoms with Crippen LogP contribution in [0.25, 0.3) is 0 Å². The van der Waals surface area contributed by atoms with Crippen LogP contribution in [-0.4, -0.2) is 19.6 Å². The van der Waals surface area contributed by atoms with Gasteiger partial charge in [-0.25, -0.2) is 0 Å². The van der Waals surface area contributed by atoms with E-state index >= 15 is 0 Å². The Balaban J connectivity index is 2.21. The Bertz CT molecular complexity index is 536. The fourth-order valence-corrected chi connectivity index (χ4v) is 2.80. The first-order chi connectivity index (χ1) is 9.71. The highest BCUT2D eigenvalue weighted by molar-refractivity contribution is 5.95. The lowest BCUT2D eigenvalue weighted by molar-refractivity contribution is -0.120. The molecule has 0 saturated heterocycles. The van der Waals surface area contributed by atoms with E-state index in [0.29, 0.717) is 23.5 Å². The first-order valence-electron chi connectivity index (χ1n) is 6.79. The average Bonchev–Trinajstić information content (AvgIpc) is 2.95. The molecule has 2 unspecified atom stereocenters. The van der Waals surface area contributed by atoms with Crippen molar-refractivity contribution in [3.8, 4) is 11.8 Å². The Labute approximate surface area is 118 Å². The second kappa shape index (κ2) is 6.40. The number of carbonyl (C=O) groups is 1. The maximum atomic E-state index is 12.4. The van der Waals surface area contributed by atoms with Crippen molar-refractivity contribution in [3.63, 3.8) is 0 Å². The van der Waals surface area contributed by atoms with Crippen molar-refractivity contribution in [3.05, 3.63) is 23.8 Å². The molecule has 1 aromatic carbocycles. The summed E-state index contributed by atoms with van der Waals surface area (Å²) in [7, 11) is 1.52. The lowest BCUT2D eigenvalue weighted by Crippen LogP contribution is -2.30. The van der Waals surface area contributed by atoms with Gasteiger partial charge in [0, 0.05) is 5.92 Å². The summed E-state index contributed by atoms with van der Waals surface area (Å²) in [6.07, 6.45) is 2.87. The number of rotatable bonds is 4. The number of benzene rings is 1. The van der Waals surface area contributed by atoms with Crippen LogP contribution < -0.4 is 15.8 Å². The van der Waals surface area contributed by atoms with Crippen LogP contribution in [0.3, 0.4) is 0 Å². The molecule has 106 valence electrons. The number of amides is 1. The molecule has 1 aliphatic carbocycles. The van der Waals surface area contributed by atoms with Crippen molar-refractivity contribution in [1.29, 1.82) is 5.26 Å². The molecule has 0 bridgehead atoms. The molecule has 1 amide bonds. The zero-order valence-corrected chi connectivity index (χ0v) is 11.6. The number of methoxy groups -OCH3 is 1. The SMILES string of the molecule is COc1cccc(C#N)c1NC(=O)C1CCCC1CN. The van der Waals surface area contributed by atoms with Crippen molar-refractivity contribution in [2.75, 3.05) is 19.0 Å². The molecule has 0 aliphatic heterocycles. The Morgan fingerprint density at radius 3 is 3.00 bits per heavy atom. The van der Waals surface area contributed by atoms with Gasteiger partial charge < -0.3 is 15.8 Å². The van der Waals surface area contributed by atoms with Crippen LogP contribution in [0.15, 0.2) is 18.2 Å². The smallest absolute Gasteiger partial charge is 0.227 e. The molecule has 3 N–H and O–H groups in total. The van der Waals surface area contributed by atoms with E-state index in [9.17, 15) is 4.79 Å². The van der Waals surface area contributed by atoms with E-state index in [1.807, 2.05) is 0 Å². The summed E-state index contributed by atoms with van der Waals surface area (Å²) in [4.78, 5) is 12.4. The van der Waals surface area contributed by atoms with Crippen molar-refractivity contribution in [2.24, 2.45) is 17.6 Å². The highest BCUT2D eigenvalue weighted by atomic mass is 16.5. The summed E-state index contributed by atoms with van der Waals surface area (Å²) in [5.41, 5.74) is 6.56. The molecular weight excluding hydrogens is 254 g/mol. The molecule has 5 nitrogen and oxygen atoms in total. The van der Waals surface area contributed by atoms with Gasteiger partial charge in [-0.2, -0.15) is 5.26 Å². The maximum Gasteiger partial charge on any atom is 0.227 e. The van der Waals surface area contributed by atoms with Gasteiger partial charge in [0.05, 0.1) is 12.7 Å². The molecule has 0 spiro atoms. The van der Waals surface area contributed by atoms with Gasteiger partial charge in [0.1, 0.15) is 17.5 Å². The highest BCUT2D eigenvalue weighted by Crippen LogP contribution is 2.34. The molecule has 0 aromatic heterocycles. The third-order valence-corrected chi connectivity index (χ3v) is 3.91. The predicted molar refractivity (Wildman–Crippen MR) is 76.2 cm³/mol. The average molecular weight is 273 g/mol. The minimum absolute atomic E-state index is 0.0704. The number of para-hydroxylation sites is 1. The topological polar surface area (TPSA) is 88.1 Å². The van der Waals surface area contributed by atoms with Crippen LogP contribution in [0.4, 0.5) is 5.69 Å². The van der Waals surface area contributed by atoms with Crippen LogP contribution in [0.2, 0.25) is 0 Å². The summed E-state index contributed by atoms with van der Waals surface area (Å²) in [5, 5.41) is 12.0. The molecule has 0 heterocycles. The van der Waals surface area contributed by atoms with Crippen LogP contribution in [-0.2, 0) is 4.79 Å². The lowest BCUT2D eigenvalue weighted by atomic mass is 9.95. The standard InChI is InChI=1S/C15H19N3O2/c1-20-13-7-3-5-11(9-17)14(13)18-15(19)12-6-2-4-10(12)8-16/h3,5,7,10,12H,2,4,6,8,16H2,1H3,(H,18,19). The van der Waals surface area contributed by atoms with Crippen molar-refractivity contribution in [1.82, 2.24) is 0 Å². The van der Waals surface area contributed by atoms with Crippen molar-refractivity contribution >= 4 is 11.6 Å². The quantitative estimate of drug-likeness (QED) is 0.876. The van der Waals surface area contributed by atoms with E-state index in [1.54, 1.807) is 18.2 Å². The van der Waals surface area contributed by atoms with E-state index in [-0.39, 0.29) is 17.7 Å². The minimum atomic E-state index is -0.0727. The first-order valence-corrected chi connectivity index (χ1v) is 6.79. The number of anilines is 1. The third-order valence-electron chi connectivity index (χ3n) is 3.91. The van der Waals surface area contributed by atoms with Crippen molar-refractivity contribution in [2.45, 2.75) is 19.3 Å². The molecule has 1 saturated carbocycles. The number of nitriles is 1. The largest absolute Gasteiger partial charge is 0.495 e. The number of ether oxygens (including phenoxy) is 1. The van der Waals surface area contributed by atoms with Crippen LogP contribution in [0.1, 0.15) is 24.8 Å². The summed E-state index contributed by atoms with van der Waals surface area (Å²) in [6, 6.07) is 7.19. The third kappa shape index (κ3) is 2.75. The molecule has 5 heteroatoms. The monoisotopic (exact) mass is 273 g/mol. The fraction of sp³-hybridized carbons (Fsp3) is 0.467. The van der Waals surface area contributed by atoms with Crippen LogP contribution in [0, 0.1) is 23.2 Å². The molecular formula is C15H19N3O2. The number of nitrogens with two attached hydrogens (primary N) is 1. The number of nitrogens with one attached hydrogen (secondary N) is 1. The van der Waals surface area contributed by atoms with Crippen LogP contribution in [0.5, 0.6) is 5.75 Å². The van der Waals surface area contributed by atoms with Gasteiger partial charge in [0.2, 0.25) is 5.91 Å². The van der Waals surface area contributed by atoms with Gasteiger partial charge >= 0.3 is 0 Å². The van der Waals surface area contributed by atoms with Gasteiger partial charge in [-0.15, -0.1) is 0 Å².